The fourth-order valence-corrected chi connectivity index (χ4v) is 2.75. The summed E-state index contributed by atoms with van der Waals surface area (Å²) in [5.41, 5.74) is 0.509. The van der Waals surface area contributed by atoms with Crippen LogP contribution in [0.4, 0.5) is 0 Å². The van der Waals surface area contributed by atoms with Crippen molar-refractivity contribution in [2.24, 2.45) is 0 Å². The molecule has 1 N–H and O–H groups in total. The Bertz CT molecular complexity index is 848. The Balaban J connectivity index is 2.41. The van der Waals surface area contributed by atoms with E-state index in [1.807, 2.05) is 0 Å². The maximum absolute atomic E-state index is 12.7. The van der Waals surface area contributed by atoms with Crippen molar-refractivity contribution in [2.75, 3.05) is 7.11 Å². The largest absolute Gasteiger partial charge is 0.507 e. The molecule has 1 aliphatic rings. The van der Waals surface area contributed by atoms with Gasteiger partial charge in [-0.25, -0.2) is 0 Å². The van der Waals surface area contributed by atoms with Crippen LogP contribution in [-0.4, -0.2) is 29.6 Å². The Kier molecular flexibility index (Phi) is 3.06. The van der Waals surface area contributed by atoms with Crippen molar-refractivity contribution in [3.63, 3.8) is 0 Å². The molecule has 0 spiro atoms. The molecule has 0 heterocycles. The van der Waals surface area contributed by atoms with Crippen LogP contribution in [0.2, 0.25) is 0 Å². The van der Waals surface area contributed by atoms with Gasteiger partial charge in [0.2, 0.25) is 0 Å². The number of phenolic OH excluding ortho intramolecular Hbond substituents is 1. The van der Waals surface area contributed by atoms with Gasteiger partial charge in [0.05, 0.1) is 12.7 Å². The first-order valence-electron chi connectivity index (χ1n) is 6.60. The molecule has 2 aromatic carbocycles. The highest BCUT2D eigenvalue weighted by Gasteiger charge is 2.35. The van der Waals surface area contributed by atoms with Crippen molar-refractivity contribution in [3.8, 4) is 11.5 Å². The SMILES string of the molecule is COc1c(C(C)=O)c(O)cc2c1C(=O)c1ccccc1C2=O. The summed E-state index contributed by atoms with van der Waals surface area (Å²) in [6.45, 7) is 1.26. The molecule has 2 aromatic rings. The maximum Gasteiger partial charge on any atom is 0.198 e. The lowest BCUT2D eigenvalue weighted by molar-refractivity contribution is 0.0972. The molecule has 1 aliphatic carbocycles. The summed E-state index contributed by atoms with van der Waals surface area (Å²) in [5, 5.41) is 10.0. The van der Waals surface area contributed by atoms with Crippen molar-refractivity contribution in [1.82, 2.24) is 0 Å². The molecule has 22 heavy (non-hydrogen) atoms. The molecule has 0 saturated carbocycles. The highest BCUT2D eigenvalue weighted by molar-refractivity contribution is 6.30. The smallest absolute Gasteiger partial charge is 0.198 e. The number of phenols is 1. The number of ether oxygens (including phenoxy) is 1. The quantitative estimate of drug-likeness (QED) is 0.734. The van der Waals surface area contributed by atoms with Crippen LogP contribution in [0.25, 0.3) is 0 Å². The summed E-state index contributed by atoms with van der Waals surface area (Å²) in [5.74, 6) is -1.66. The van der Waals surface area contributed by atoms with E-state index in [0.29, 0.717) is 0 Å². The number of methoxy groups -OCH3 is 1. The van der Waals surface area contributed by atoms with E-state index in [2.05, 4.69) is 0 Å². The molecular weight excluding hydrogens is 284 g/mol. The van der Waals surface area contributed by atoms with Crippen LogP contribution in [0.3, 0.4) is 0 Å². The van der Waals surface area contributed by atoms with E-state index >= 15 is 0 Å². The number of carbonyl (C=O) groups excluding carboxylic acids is 3. The minimum absolute atomic E-state index is 0.0224. The predicted octanol–water partition coefficient (Wildman–Crippen LogP) is 2.38. The van der Waals surface area contributed by atoms with E-state index in [1.54, 1.807) is 24.3 Å². The van der Waals surface area contributed by atoms with Crippen LogP contribution in [0.5, 0.6) is 11.5 Å². The van der Waals surface area contributed by atoms with Crippen molar-refractivity contribution in [3.05, 3.63) is 58.1 Å². The fraction of sp³-hybridized carbons (Fsp3) is 0.118. The number of aromatic hydroxyl groups is 1. The van der Waals surface area contributed by atoms with Crippen LogP contribution in [0.15, 0.2) is 30.3 Å². The van der Waals surface area contributed by atoms with Gasteiger partial charge in [-0.3, -0.25) is 14.4 Å². The average molecular weight is 296 g/mol. The normalized spacial score (nSPS) is 12.6. The second kappa shape index (κ2) is 4.80. The van der Waals surface area contributed by atoms with E-state index in [9.17, 15) is 19.5 Å². The van der Waals surface area contributed by atoms with Crippen LogP contribution in [0, 0.1) is 0 Å². The highest BCUT2D eigenvalue weighted by Crippen LogP contribution is 2.40. The standard InChI is InChI=1S/C17H12O5/c1-8(18)13-12(19)7-11-14(17(13)22-2)16(21)10-6-4-3-5-9(10)15(11)20/h3-7,19H,1-2H3. The van der Waals surface area contributed by atoms with E-state index < -0.39 is 11.6 Å². The molecular formula is C17H12O5. The number of rotatable bonds is 2. The highest BCUT2D eigenvalue weighted by atomic mass is 16.5. The number of benzene rings is 2. The molecule has 0 radical (unpaired) electrons. The summed E-state index contributed by atoms with van der Waals surface area (Å²) in [6.07, 6.45) is 0. The van der Waals surface area contributed by atoms with Crippen LogP contribution >= 0.6 is 0 Å². The molecule has 0 aromatic heterocycles. The molecule has 0 aliphatic heterocycles. The van der Waals surface area contributed by atoms with Gasteiger partial charge in [0, 0.05) is 16.7 Å². The van der Waals surface area contributed by atoms with Gasteiger partial charge in [-0.1, -0.05) is 24.3 Å². The summed E-state index contributed by atoms with van der Waals surface area (Å²) in [4.78, 5) is 37.0. The Morgan fingerprint density at radius 3 is 2.18 bits per heavy atom. The van der Waals surface area contributed by atoms with E-state index in [-0.39, 0.29) is 45.1 Å². The van der Waals surface area contributed by atoms with Gasteiger partial charge in [0.15, 0.2) is 17.3 Å². The average Bonchev–Trinajstić information content (AvgIpc) is 2.50. The van der Waals surface area contributed by atoms with Crippen molar-refractivity contribution >= 4 is 17.3 Å². The Morgan fingerprint density at radius 1 is 1.05 bits per heavy atom. The monoisotopic (exact) mass is 296 g/mol. The van der Waals surface area contributed by atoms with Crippen molar-refractivity contribution < 1.29 is 24.2 Å². The minimum Gasteiger partial charge on any atom is -0.507 e. The molecule has 0 bridgehead atoms. The van der Waals surface area contributed by atoms with Crippen LogP contribution < -0.4 is 4.74 Å². The lowest BCUT2D eigenvalue weighted by Gasteiger charge is -2.21. The number of ketones is 3. The predicted molar refractivity (Wildman–Crippen MR) is 78.0 cm³/mol. The summed E-state index contributed by atoms with van der Waals surface area (Å²) in [7, 11) is 1.29. The topological polar surface area (TPSA) is 80.7 Å². The van der Waals surface area contributed by atoms with Crippen molar-refractivity contribution in [1.29, 1.82) is 0 Å². The molecule has 5 heteroatoms. The van der Waals surface area contributed by atoms with Crippen LogP contribution in [-0.2, 0) is 0 Å². The van der Waals surface area contributed by atoms with Gasteiger partial charge in [0.25, 0.3) is 0 Å². The minimum atomic E-state index is -0.448. The van der Waals surface area contributed by atoms with Gasteiger partial charge in [-0.15, -0.1) is 0 Å². The third-order valence-electron chi connectivity index (χ3n) is 3.70. The summed E-state index contributed by atoms with van der Waals surface area (Å²) < 4.78 is 5.17. The first-order valence-corrected chi connectivity index (χ1v) is 6.60. The van der Waals surface area contributed by atoms with Crippen molar-refractivity contribution in [2.45, 2.75) is 6.92 Å². The van der Waals surface area contributed by atoms with E-state index in [1.165, 1.54) is 14.0 Å². The Hall–Kier alpha value is -2.95. The van der Waals surface area contributed by atoms with Gasteiger partial charge >= 0.3 is 0 Å². The number of fused-ring (bicyclic) bond motifs is 2. The molecule has 110 valence electrons. The Morgan fingerprint density at radius 2 is 1.64 bits per heavy atom. The van der Waals surface area contributed by atoms with E-state index in [0.717, 1.165) is 6.07 Å². The third-order valence-corrected chi connectivity index (χ3v) is 3.70. The lowest BCUT2D eigenvalue weighted by Crippen LogP contribution is -2.22. The molecule has 0 unspecified atom stereocenters. The van der Waals surface area contributed by atoms with Gasteiger partial charge in [0.1, 0.15) is 17.1 Å². The zero-order valence-electron chi connectivity index (χ0n) is 12.0. The van der Waals surface area contributed by atoms with E-state index in [4.69, 9.17) is 4.74 Å². The third kappa shape index (κ3) is 1.75. The second-order valence-corrected chi connectivity index (χ2v) is 4.99. The molecule has 0 atom stereocenters. The molecule has 0 saturated heterocycles. The van der Waals surface area contributed by atoms with Gasteiger partial charge in [-0.05, 0) is 13.0 Å². The number of hydrogen-bond donors (Lipinski definition) is 1. The lowest BCUT2D eigenvalue weighted by atomic mass is 9.82. The number of hydrogen-bond acceptors (Lipinski definition) is 5. The Labute approximate surface area is 126 Å². The first kappa shape index (κ1) is 14.0. The fourth-order valence-electron chi connectivity index (χ4n) is 2.75. The number of carbonyl (C=O) groups is 3. The molecule has 5 nitrogen and oxygen atoms in total. The maximum atomic E-state index is 12.7. The first-order chi connectivity index (χ1) is 10.5. The molecule has 3 rings (SSSR count). The number of Topliss-reactive ketones (excluding diaryl/α,β-unsaturated/α-hetero) is 1. The van der Waals surface area contributed by atoms with Gasteiger partial charge in [-0.2, -0.15) is 0 Å². The second-order valence-electron chi connectivity index (χ2n) is 4.99. The summed E-state index contributed by atoms with van der Waals surface area (Å²) in [6, 6.07) is 7.59. The van der Waals surface area contributed by atoms with Crippen LogP contribution in [0.1, 0.15) is 49.1 Å². The molecule has 0 fully saturated rings. The van der Waals surface area contributed by atoms with Gasteiger partial charge < -0.3 is 9.84 Å². The zero-order chi connectivity index (χ0) is 16.0. The zero-order valence-corrected chi connectivity index (χ0v) is 12.0. The summed E-state index contributed by atoms with van der Waals surface area (Å²) >= 11 is 0. The molecule has 0 amide bonds.